The Bertz CT molecular complexity index is 1010. The van der Waals surface area contributed by atoms with E-state index in [0.717, 1.165) is 30.2 Å². The van der Waals surface area contributed by atoms with E-state index in [2.05, 4.69) is 24.5 Å². The van der Waals surface area contributed by atoms with E-state index in [1.54, 1.807) is 12.1 Å². The summed E-state index contributed by atoms with van der Waals surface area (Å²) in [5.41, 5.74) is 1.39. The summed E-state index contributed by atoms with van der Waals surface area (Å²) in [6, 6.07) is 8.09. The minimum atomic E-state index is -0.984. The molecule has 3 heteroatoms. The molecule has 2 aromatic carbocycles. The largest absolute Gasteiger partial charge is 0.206 e. The summed E-state index contributed by atoms with van der Waals surface area (Å²) in [5, 5.41) is 0. The zero-order valence-corrected chi connectivity index (χ0v) is 17.4. The second-order valence-electron chi connectivity index (χ2n) is 8.89. The molecule has 4 rings (SSSR count). The SMILES string of the molecule is C=CC1CCC2CC(c3ccc(C#Cc4ccc(C)c(F)c4F)c(F)c3)CCC2C1. The van der Waals surface area contributed by atoms with Gasteiger partial charge in [0.1, 0.15) is 5.82 Å². The van der Waals surface area contributed by atoms with Crippen LogP contribution in [0.3, 0.4) is 0 Å². The minimum Gasteiger partial charge on any atom is -0.206 e. The third-order valence-corrected chi connectivity index (χ3v) is 7.06. The Kier molecular flexibility index (Phi) is 6.04. The second-order valence-corrected chi connectivity index (χ2v) is 8.89. The van der Waals surface area contributed by atoms with E-state index in [1.165, 1.54) is 44.7 Å². The van der Waals surface area contributed by atoms with Gasteiger partial charge in [0.25, 0.3) is 0 Å². The monoisotopic (exact) mass is 408 g/mol. The van der Waals surface area contributed by atoms with Gasteiger partial charge in [-0.15, -0.1) is 6.58 Å². The lowest BCUT2D eigenvalue weighted by Crippen LogP contribution is -2.30. The molecule has 0 aliphatic heterocycles. The quantitative estimate of drug-likeness (QED) is 0.361. The van der Waals surface area contributed by atoms with Crippen molar-refractivity contribution in [1.82, 2.24) is 0 Å². The highest BCUT2D eigenvalue weighted by atomic mass is 19.2. The lowest BCUT2D eigenvalue weighted by atomic mass is 9.64. The molecule has 2 aliphatic carbocycles. The molecule has 0 aromatic heterocycles. The first-order valence-electron chi connectivity index (χ1n) is 10.8. The highest BCUT2D eigenvalue weighted by Crippen LogP contribution is 2.47. The predicted octanol–water partition coefficient (Wildman–Crippen LogP) is 7.30. The van der Waals surface area contributed by atoms with Crippen LogP contribution in [0.25, 0.3) is 0 Å². The van der Waals surface area contributed by atoms with E-state index in [0.29, 0.717) is 11.8 Å². The topological polar surface area (TPSA) is 0 Å². The molecule has 0 spiro atoms. The van der Waals surface area contributed by atoms with Gasteiger partial charge in [0.2, 0.25) is 0 Å². The molecule has 4 atom stereocenters. The molecule has 0 heterocycles. The van der Waals surface area contributed by atoms with Gasteiger partial charge >= 0.3 is 0 Å². The van der Waals surface area contributed by atoms with Crippen LogP contribution in [0, 0.1) is 54.0 Å². The smallest absolute Gasteiger partial charge is 0.174 e. The summed E-state index contributed by atoms with van der Waals surface area (Å²) in [7, 11) is 0. The van der Waals surface area contributed by atoms with Crippen LogP contribution in [-0.4, -0.2) is 0 Å². The highest BCUT2D eigenvalue weighted by molar-refractivity contribution is 5.46. The van der Waals surface area contributed by atoms with Crippen molar-refractivity contribution in [3.8, 4) is 11.8 Å². The number of allylic oxidation sites excluding steroid dienone is 1. The van der Waals surface area contributed by atoms with Gasteiger partial charge in [-0.3, -0.25) is 0 Å². The molecule has 0 radical (unpaired) electrons. The maximum Gasteiger partial charge on any atom is 0.174 e. The van der Waals surface area contributed by atoms with E-state index < -0.39 is 17.5 Å². The first kappa shape index (κ1) is 20.8. The molecule has 0 saturated heterocycles. The Labute approximate surface area is 177 Å². The van der Waals surface area contributed by atoms with Gasteiger partial charge in [-0.2, -0.15) is 0 Å². The fraction of sp³-hybridized carbons (Fsp3) is 0.407. The summed E-state index contributed by atoms with van der Waals surface area (Å²) in [5.74, 6) is 5.48. The van der Waals surface area contributed by atoms with Crippen LogP contribution in [0.2, 0.25) is 0 Å². The van der Waals surface area contributed by atoms with E-state index in [-0.39, 0.29) is 16.7 Å². The van der Waals surface area contributed by atoms with Crippen LogP contribution in [0.4, 0.5) is 13.2 Å². The predicted molar refractivity (Wildman–Crippen MR) is 115 cm³/mol. The Balaban J connectivity index is 1.48. The van der Waals surface area contributed by atoms with Crippen LogP contribution in [0.15, 0.2) is 43.0 Å². The van der Waals surface area contributed by atoms with Crippen molar-refractivity contribution in [2.45, 2.75) is 51.4 Å². The average molecular weight is 409 g/mol. The first-order valence-corrected chi connectivity index (χ1v) is 10.8. The van der Waals surface area contributed by atoms with Gasteiger partial charge in [-0.05, 0) is 98.4 Å². The van der Waals surface area contributed by atoms with Crippen LogP contribution >= 0.6 is 0 Å². The summed E-state index contributed by atoms with van der Waals surface area (Å²) in [6.07, 6.45) is 9.21. The molecule has 0 amide bonds. The van der Waals surface area contributed by atoms with Crippen LogP contribution in [0.1, 0.15) is 66.7 Å². The Morgan fingerprint density at radius 1 is 0.867 bits per heavy atom. The third-order valence-electron chi connectivity index (χ3n) is 7.06. The van der Waals surface area contributed by atoms with Gasteiger partial charge in [0.05, 0.1) is 11.1 Å². The number of benzene rings is 2. The van der Waals surface area contributed by atoms with E-state index >= 15 is 0 Å². The molecule has 0 N–H and O–H groups in total. The van der Waals surface area contributed by atoms with Crippen LogP contribution < -0.4 is 0 Å². The molecule has 156 valence electrons. The van der Waals surface area contributed by atoms with Crippen molar-refractivity contribution < 1.29 is 13.2 Å². The molecular formula is C27H27F3. The summed E-state index contributed by atoms with van der Waals surface area (Å²) >= 11 is 0. The fourth-order valence-corrected chi connectivity index (χ4v) is 5.21. The van der Waals surface area contributed by atoms with Crippen molar-refractivity contribution >= 4 is 0 Å². The zero-order chi connectivity index (χ0) is 21.3. The zero-order valence-electron chi connectivity index (χ0n) is 17.4. The van der Waals surface area contributed by atoms with Gasteiger partial charge in [0, 0.05) is 0 Å². The van der Waals surface area contributed by atoms with Crippen molar-refractivity contribution in [2.24, 2.45) is 17.8 Å². The number of fused-ring (bicyclic) bond motifs is 1. The second kappa shape index (κ2) is 8.72. The number of rotatable bonds is 2. The van der Waals surface area contributed by atoms with Gasteiger partial charge in [0.15, 0.2) is 11.6 Å². The van der Waals surface area contributed by atoms with E-state index in [9.17, 15) is 13.2 Å². The summed E-state index contributed by atoms with van der Waals surface area (Å²) in [4.78, 5) is 0. The molecule has 2 aromatic rings. The number of halogens is 3. The maximum atomic E-state index is 14.7. The number of hydrogen-bond donors (Lipinski definition) is 0. The Hall–Kier alpha value is -2.47. The van der Waals surface area contributed by atoms with E-state index in [4.69, 9.17) is 0 Å². The van der Waals surface area contributed by atoms with Crippen molar-refractivity contribution in [1.29, 1.82) is 0 Å². The summed E-state index contributed by atoms with van der Waals surface area (Å²) in [6.45, 7) is 5.45. The maximum absolute atomic E-state index is 14.7. The Morgan fingerprint density at radius 2 is 1.57 bits per heavy atom. The fourth-order valence-electron chi connectivity index (χ4n) is 5.21. The molecule has 2 aliphatic rings. The normalized spacial score (nSPS) is 25.7. The summed E-state index contributed by atoms with van der Waals surface area (Å²) < 4.78 is 42.4. The van der Waals surface area contributed by atoms with Crippen molar-refractivity contribution in [2.75, 3.05) is 0 Å². The molecular weight excluding hydrogens is 381 g/mol. The van der Waals surface area contributed by atoms with Crippen molar-refractivity contribution in [3.05, 3.63) is 82.7 Å². The van der Waals surface area contributed by atoms with Gasteiger partial charge < -0.3 is 0 Å². The highest BCUT2D eigenvalue weighted by Gasteiger charge is 2.35. The first-order chi connectivity index (χ1) is 14.5. The van der Waals surface area contributed by atoms with Gasteiger partial charge in [-0.25, -0.2) is 13.2 Å². The third kappa shape index (κ3) is 4.19. The van der Waals surface area contributed by atoms with Crippen molar-refractivity contribution in [3.63, 3.8) is 0 Å². The number of hydrogen-bond acceptors (Lipinski definition) is 0. The standard InChI is InChI=1S/C27H27F3/c1-3-18-5-7-22-15-23(13-12-21(22)14-18)24-11-9-19(25(28)16-24)8-10-20-6-4-17(2)26(29)27(20)30/h3-4,6,9,11,16,18,21-23H,1,5,7,12-15H2,2H3. The molecule has 30 heavy (non-hydrogen) atoms. The molecule has 2 saturated carbocycles. The van der Waals surface area contributed by atoms with Gasteiger partial charge in [-0.1, -0.05) is 30.0 Å². The van der Waals surface area contributed by atoms with Crippen LogP contribution in [0.5, 0.6) is 0 Å². The minimum absolute atomic E-state index is 0.0602. The lowest BCUT2D eigenvalue weighted by Gasteiger charge is -2.41. The Morgan fingerprint density at radius 3 is 2.33 bits per heavy atom. The van der Waals surface area contributed by atoms with Crippen LogP contribution in [-0.2, 0) is 0 Å². The lowest BCUT2D eigenvalue weighted by molar-refractivity contribution is 0.133. The molecule has 0 nitrogen and oxygen atoms in total. The molecule has 0 bridgehead atoms. The number of aryl methyl sites for hydroxylation is 1. The average Bonchev–Trinajstić information content (AvgIpc) is 2.77. The molecule has 4 unspecified atom stereocenters. The van der Waals surface area contributed by atoms with E-state index in [1.807, 2.05) is 6.07 Å². The molecule has 2 fully saturated rings.